The van der Waals surface area contributed by atoms with Gasteiger partial charge < -0.3 is 4.74 Å². The first-order chi connectivity index (χ1) is 8.08. The van der Waals surface area contributed by atoms with E-state index < -0.39 is 5.60 Å². The summed E-state index contributed by atoms with van der Waals surface area (Å²) in [5, 5.41) is 8.91. The van der Waals surface area contributed by atoms with Crippen LogP contribution in [0.1, 0.15) is 30.9 Å². The highest BCUT2D eigenvalue weighted by Crippen LogP contribution is 2.42. The Morgan fingerprint density at radius 2 is 2.35 bits per heavy atom. The van der Waals surface area contributed by atoms with Crippen LogP contribution in [0.25, 0.3) is 0 Å². The Kier molecular flexibility index (Phi) is 3.21. The summed E-state index contributed by atoms with van der Waals surface area (Å²) < 4.78 is 5.50. The molecule has 3 nitrogen and oxygen atoms in total. The molecular weight excluding hydrogens is 282 g/mol. The van der Waals surface area contributed by atoms with E-state index in [4.69, 9.17) is 10.00 Å². The number of cyclic esters (lactones) is 1. The van der Waals surface area contributed by atoms with E-state index in [-0.39, 0.29) is 10.8 Å². The Hall–Kier alpha value is -1.34. The molecule has 1 aliphatic rings. The number of nitrogens with zero attached hydrogens (tertiary/aromatic N) is 1. The highest BCUT2D eigenvalue weighted by Gasteiger charge is 2.45. The summed E-state index contributed by atoms with van der Waals surface area (Å²) in [6, 6.07) is 9.35. The van der Waals surface area contributed by atoms with Crippen LogP contribution < -0.4 is 0 Å². The van der Waals surface area contributed by atoms with E-state index in [0.717, 1.165) is 5.56 Å². The lowest BCUT2D eigenvalue weighted by Crippen LogP contribution is -2.34. The quantitative estimate of drug-likeness (QED) is 0.622. The van der Waals surface area contributed by atoms with Gasteiger partial charge in [-0.3, -0.25) is 4.79 Å². The van der Waals surface area contributed by atoms with Gasteiger partial charge in [0.25, 0.3) is 0 Å². The molecule has 0 spiro atoms. The topological polar surface area (TPSA) is 50.1 Å². The first kappa shape index (κ1) is 12.1. The predicted molar refractivity (Wildman–Crippen MR) is 66.6 cm³/mol. The van der Waals surface area contributed by atoms with Gasteiger partial charge in [0, 0.05) is 12.8 Å². The molecule has 1 aromatic rings. The van der Waals surface area contributed by atoms with E-state index in [2.05, 4.69) is 22.0 Å². The highest BCUT2D eigenvalue weighted by molar-refractivity contribution is 9.09. The molecule has 0 saturated carbocycles. The van der Waals surface area contributed by atoms with Crippen molar-refractivity contribution in [3.63, 3.8) is 0 Å². The van der Waals surface area contributed by atoms with E-state index in [1.807, 2.05) is 19.1 Å². The molecule has 0 N–H and O–H groups in total. The molecule has 2 rings (SSSR count). The summed E-state index contributed by atoms with van der Waals surface area (Å²) in [6.45, 7) is 1.96. The van der Waals surface area contributed by atoms with Gasteiger partial charge in [-0.25, -0.2) is 0 Å². The molecule has 1 fully saturated rings. The number of ether oxygens (including phenoxy) is 1. The lowest BCUT2D eigenvalue weighted by Gasteiger charge is -2.31. The smallest absolute Gasteiger partial charge is 0.306 e. The maximum absolute atomic E-state index is 11.4. The molecule has 2 atom stereocenters. The summed E-state index contributed by atoms with van der Waals surface area (Å²) >= 11 is 3.51. The standard InChI is InChI=1S/C13H12BrNO2/c1-9(14)13(6-5-12(16)17-13)11-4-2-3-10(7-11)8-15/h2-4,7,9H,5-6H2,1H3/t9-,13+/m0/s1. The number of esters is 1. The number of rotatable bonds is 2. The zero-order chi connectivity index (χ0) is 12.5. The van der Waals surface area contributed by atoms with Crippen molar-refractivity contribution in [2.45, 2.75) is 30.2 Å². The van der Waals surface area contributed by atoms with Crippen LogP contribution in [0.4, 0.5) is 0 Å². The number of hydrogen-bond acceptors (Lipinski definition) is 3. The number of alkyl halides is 1. The lowest BCUT2D eigenvalue weighted by molar-refractivity contribution is -0.148. The molecule has 0 unspecified atom stereocenters. The first-order valence-corrected chi connectivity index (χ1v) is 6.36. The van der Waals surface area contributed by atoms with Crippen LogP contribution >= 0.6 is 15.9 Å². The third kappa shape index (κ3) is 2.07. The maximum atomic E-state index is 11.4. The van der Waals surface area contributed by atoms with E-state index in [0.29, 0.717) is 18.4 Å². The molecule has 0 aromatic heterocycles. The Balaban J connectivity index is 2.47. The normalized spacial score (nSPS) is 25.1. The molecule has 0 aliphatic carbocycles. The van der Waals surface area contributed by atoms with Crippen LogP contribution in [0.5, 0.6) is 0 Å². The van der Waals surface area contributed by atoms with Gasteiger partial charge in [-0.2, -0.15) is 5.26 Å². The largest absolute Gasteiger partial charge is 0.453 e. The average molecular weight is 294 g/mol. The second-order valence-electron chi connectivity index (χ2n) is 4.17. The minimum atomic E-state index is -0.635. The van der Waals surface area contributed by atoms with Crippen molar-refractivity contribution >= 4 is 21.9 Å². The molecule has 1 aromatic carbocycles. The van der Waals surface area contributed by atoms with Crippen LogP contribution in [0.15, 0.2) is 24.3 Å². The molecule has 0 amide bonds. The molecule has 0 bridgehead atoms. The third-order valence-electron chi connectivity index (χ3n) is 3.12. The second-order valence-corrected chi connectivity index (χ2v) is 5.55. The van der Waals surface area contributed by atoms with Gasteiger partial charge in [-0.1, -0.05) is 28.1 Å². The van der Waals surface area contributed by atoms with Gasteiger partial charge in [-0.15, -0.1) is 0 Å². The highest BCUT2D eigenvalue weighted by atomic mass is 79.9. The molecule has 17 heavy (non-hydrogen) atoms. The van der Waals surface area contributed by atoms with Crippen LogP contribution in [-0.4, -0.2) is 10.8 Å². The van der Waals surface area contributed by atoms with E-state index >= 15 is 0 Å². The minimum absolute atomic E-state index is 0.00962. The maximum Gasteiger partial charge on any atom is 0.306 e. The first-order valence-electron chi connectivity index (χ1n) is 5.45. The molecule has 1 saturated heterocycles. The minimum Gasteiger partial charge on any atom is -0.453 e. The van der Waals surface area contributed by atoms with Crippen molar-refractivity contribution in [2.24, 2.45) is 0 Å². The Labute approximate surface area is 109 Å². The van der Waals surface area contributed by atoms with Gasteiger partial charge in [0.1, 0.15) is 5.60 Å². The summed E-state index contributed by atoms with van der Waals surface area (Å²) in [6.07, 6.45) is 1.07. The molecule has 4 heteroatoms. The monoisotopic (exact) mass is 293 g/mol. The number of carbonyl (C=O) groups is 1. The van der Waals surface area contributed by atoms with Crippen molar-refractivity contribution < 1.29 is 9.53 Å². The number of nitriles is 1. The average Bonchev–Trinajstić information content (AvgIpc) is 2.73. The Morgan fingerprint density at radius 1 is 1.59 bits per heavy atom. The van der Waals surface area contributed by atoms with E-state index in [9.17, 15) is 4.79 Å². The van der Waals surface area contributed by atoms with Gasteiger partial charge >= 0.3 is 5.97 Å². The van der Waals surface area contributed by atoms with Crippen molar-refractivity contribution in [3.8, 4) is 6.07 Å². The number of halogens is 1. The summed E-state index contributed by atoms with van der Waals surface area (Å²) in [5.41, 5.74) is 0.828. The van der Waals surface area contributed by atoms with Crippen LogP contribution in [0, 0.1) is 11.3 Å². The number of benzene rings is 1. The van der Waals surface area contributed by atoms with Crippen molar-refractivity contribution in [3.05, 3.63) is 35.4 Å². The van der Waals surface area contributed by atoms with Gasteiger partial charge in [0.05, 0.1) is 16.5 Å². The number of carbonyl (C=O) groups excluding carboxylic acids is 1. The van der Waals surface area contributed by atoms with Crippen molar-refractivity contribution in [1.29, 1.82) is 5.26 Å². The molecule has 88 valence electrons. The van der Waals surface area contributed by atoms with Crippen molar-refractivity contribution in [1.82, 2.24) is 0 Å². The zero-order valence-corrected chi connectivity index (χ0v) is 11.0. The predicted octanol–water partition coefficient (Wildman–Crippen LogP) is 2.87. The van der Waals surface area contributed by atoms with Crippen LogP contribution in [0.2, 0.25) is 0 Å². The van der Waals surface area contributed by atoms with Gasteiger partial charge in [0.2, 0.25) is 0 Å². The fourth-order valence-electron chi connectivity index (χ4n) is 2.16. The van der Waals surface area contributed by atoms with Gasteiger partial charge in [-0.05, 0) is 24.6 Å². The van der Waals surface area contributed by atoms with Gasteiger partial charge in [0.15, 0.2) is 0 Å². The van der Waals surface area contributed by atoms with Crippen LogP contribution in [-0.2, 0) is 15.1 Å². The summed E-state index contributed by atoms with van der Waals surface area (Å²) in [4.78, 5) is 11.4. The number of hydrogen-bond donors (Lipinski definition) is 0. The fourth-order valence-corrected chi connectivity index (χ4v) is 2.74. The lowest BCUT2D eigenvalue weighted by atomic mass is 9.87. The summed E-state index contributed by atoms with van der Waals surface area (Å²) in [5.74, 6) is -0.182. The second kappa shape index (κ2) is 4.50. The van der Waals surface area contributed by atoms with E-state index in [1.54, 1.807) is 12.1 Å². The van der Waals surface area contributed by atoms with Crippen molar-refractivity contribution in [2.75, 3.05) is 0 Å². The SMILES string of the molecule is C[C@H](Br)[C@@]1(c2cccc(C#N)c2)CCC(=O)O1. The van der Waals surface area contributed by atoms with E-state index in [1.165, 1.54) is 0 Å². The third-order valence-corrected chi connectivity index (χ3v) is 3.86. The van der Waals surface area contributed by atoms with Crippen LogP contribution in [0.3, 0.4) is 0 Å². The summed E-state index contributed by atoms with van der Waals surface area (Å²) in [7, 11) is 0. The molecular formula is C13H12BrNO2. The fraction of sp³-hybridized carbons (Fsp3) is 0.385. The molecule has 1 heterocycles. The Morgan fingerprint density at radius 3 is 2.88 bits per heavy atom. The zero-order valence-electron chi connectivity index (χ0n) is 9.44. The molecule has 0 radical (unpaired) electrons. The Bertz CT molecular complexity index is 492. The molecule has 1 aliphatic heterocycles.